The van der Waals surface area contributed by atoms with Gasteiger partial charge in [0, 0.05) is 0 Å². The Morgan fingerprint density at radius 3 is 1.80 bits per heavy atom. The standard InChI is InChI=1S/CHO.Al.Fe.H3Si.2H/c1-2;;;;;/h1H;;;1H3;;. The maximum Gasteiger partial charge on any atom is 0.193 e. The van der Waals surface area contributed by atoms with Gasteiger partial charge in [0.15, 0.2) is 15.6 Å². The van der Waals surface area contributed by atoms with Crippen LogP contribution in [0.2, 0.25) is 0 Å². The molecule has 4 heteroatoms. The van der Waals surface area contributed by atoms with Crippen LogP contribution in [0, 0.1) is 0 Å². The van der Waals surface area contributed by atoms with E-state index in [-0.39, 0.29) is 0 Å². The van der Waals surface area contributed by atoms with E-state index in [0.29, 0.717) is 5.18 Å². The van der Waals surface area contributed by atoms with Crippen LogP contribution in [-0.4, -0.2) is 29.6 Å². The second-order valence-electron chi connectivity index (χ2n) is 0.0833. The van der Waals surface area contributed by atoms with E-state index in [4.69, 9.17) is 4.79 Å². The summed E-state index contributed by atoms with van der Waals surface area (Å²) >= 11 is 4.25. The molecule has 0 aromatic carbocycles. The Labute approximate surface area is 50.6 Å². The van der Waals surface area contributed by atoms with Crippen LogP contribution in [0.3, 0.4) is 0 Å². The second-order valence-corrected chi connectivity index (χ2v) is 0.344. The number of carbonyl (C=O) groups excluding carboxylic acids is 1. The van der Waals surface area contributed by atoms with Gasteiger partial charge in [-0.2, -0.15) is 0 Å². The molecule has 0 bridgehead atoms. The van der Waals surface area contributed by atoms with E-state index in [1.165, 1.54) is 24.4 Å². The molecule has 5 heavy (non-hydrogen) atoms. The Hall–Kier alpha value is 0.939. The third-order valence-corrected chi connectivity index (χ3v) is 0. The molecule has 0 radical (unpaired) electrons. The van der Waals surface area contributed by atoms with Crippen LogP contribution in [-0.2, 0) is 20.8 Å². The van der Waals surface area contributed by atoms with Crippen molar-refractivity contribution < 1.29 is 20.8 Å². The molecule has 0 unspecified atom stereocenters. The zero-order chi connectivity index (χ0) is 4.71. The van der Waals surface area contributed by atoms with Crippen molar-refractivity contribution >= 4 is 29.6 Å². The Kier molecular flexibility index (Phi) is 38.1. The van der Waals surface area contributed by atoms with E-state index < -0.39 is 0 Å². The molecule has 0 aliphatic heterocycles. The minimum Gasteiger partial charge on any atom is -0.0504 e. The molecule has 0 aromatic rings. The Balaban J connectivity index is 0. The van der Waals surface area contributed by atoms with Crippen molar-refractivity contribution in [2.24, 2.45) is 0 Å². The first-order valence-corrected chi connectivity index (χ1v) is 10.1. The fraction of sp³-hybridized carbons (Fsp3) is 0. The summed E-state index contributed by atoms with van der Waals surface area (Å²) in [6, 6.07) is 0. The summed E-state index contributed by atoms with van der Waals surface area (Å²) in [4.78, 5) is 8.69. The normalized spacial score (nSPS) is 4.20. The maximum atomic E-state index is 8.69. The number of rotatable bonds is 0. The maximum absolute atomic E-state index is 8.69. The van der Waals surface area contributed by atoms with Crippen LogP contribution in [0.1, 0.15) is 0 Å². The minimum absolute atomic E-state index is 0.500. The summed E-state index contributed by atoms with van der Waals surface area (Å²) < 4.78 is 0. The fourth-order valence-electron chi connectivity index (χ4n) is 0. The molecular weight excluding hydrogens is 139 g/mol. The largest absolute Gasteiger partial charge is 0.193 e. The predicted molar refractivity (Wildman–Crippen MR) is 25.2 cm³/mol. The van der Waals surface area contributed by atoms with Crippen LogP contribution in [0.5, 0.6) is 0 Å². The van der Waals surface area contributed by atoms with Crippen molar-refractivity contribution in [3.63, 3.8) is 0 Å². The average Bonchev–Trinajstić information content (AvgIpc) is 1.46. The first-order valence-electron chi connectivity index (χ1n) is 1.44. The van der Waals surface area contributed by atoms with Gasteiger partial charge in [-0.1, -0.05) is 8.80 Å². The van der Waals surface area contributed by atoms with Gasteiger partial charge in [0.25, 0.3) is 0 Å². The summed E-state index contributed by atoms with van der Waals surface area (Å²) in [7, 11) is 1.44. The third kappa shape index (κ3) is 48.4. The molecule has 0 aliphatic rings. The van der Waals surface area contributed by atoms with Crippen molar-refractivity contribution in [3.05, 3.63) is 0 Å². The zero-order valence-corrected chi connectivity index (χ0v) is 8.44. The van der Waals surface area contributed by atoms with Crippen LogP contribution in [0.4, 0.5) is 0 Å². The smallest absolute Gasteiger partial charge is 0.0504 e. The van der Waals surface area contributed by atoms with Crippen LogP contribution in [0.15, 0.2) is 0 Å². The van der Waals surface area contributed by atoms with E-state index >= 15 is 0 Å². The molecule has 1 nitrogen and oxygen atoms in total. The molecule has 0 heterocycles. The molecule has 31 valence electrons. The van der Waals surface area contributed by atoms with Crippen LogP contribution in [0.25, 0.3) is 0 Å². The van der Waals surface area contributed by atoms with Crippen LogP contribution < -0.4 is 0 Å². The molecule has 0 rings (SSSR count). The Bertz CT molecular complexity index is 19.1. The first kappa shape index (κ1) is 9.34. The summed E-state index contributed by atoms with van der Waals surface area (Å²) in [5, 5.41) is 0.500. The first-order chi connectivity index (χ1) is 2.41. The molecular formula is CH6AlFeOSi. The van der Waals surface area contributed by atoms with Crippen molar-refractivity contribution in [2.75, 3.05) is 0 Å². The third-order valence-electron chi connectivity index (χ3n) is 0. The van der Waals surface area contributed by atoms with Gasteiger partial charge in [0.05, 0.1) is 0 Å². The summed E-state index contributed by atoms with van der Waals surface area (Å²) in [5.41, 5.74) is 0. The van der Waals surface area contributed by atoms with Crippen molar-refractivity contribution in [1.29, 1.82) is 0 Å². The quantitative estimate of drug-likeness (QED) is 0.275. The SMILES string of the molecule is O=[CH][Fe].[AlH2][SiH3]. The van der Waals surface area contributed by atoms with Crippen LogP contribution >= 0.6 is 0 Å². The van der Waals surface area contributed by atoms with Gasteiger partial charge in [-0.05, 0) is 0 Å². The van der Waals surface area contributed by atoms with E-state index in [9.17, 15) is 0 Å². The van der Waals surface area contributed by atoms with Gasteiger partial charge < -0.3 is 0 Å². The number of hydrogen-bond donors (Lipinski definition) is 0. The fourth-order valence-corrected chi connectivity index (χ4v) is 0. The summed E-state index contributed by atoms with van der Waals surface area (Å²) in [5.74, 6) is 0. The monoisotopic (exact) mass is 145 g/mol. The Morgan fingerprint density at radius 2 is 1.80 bits per heavy atom. The minimum atomic E-state index is 0.500. The van der Waals surface area contributed by atoms with Gasteiger partial charge in [-0.3, -0.25) is 0 Å². The van der Waals surface area contributed by atoms with E-state index in [1.807, 2.05) is 0 Å². The molecule has 0 aliphatic carbocycles. The summed E-state index contributed by atoms with van der Waals surface area (Å²) in [6.07, 6.45) is 0. The number of carbonyl (C=O) groups is 1. The molecule has 0 saturated heterocycles. The van der Waals surface area contributed by atoms with Gasteiger partial charge in [0.1, 0.15) is 0 Å². The number of hydrogen-bond acceptors (Lipinski definition) is 1. The van der Waals surface area contributed by atoms with E-state index in [2.05, 4.69) is 16.0 Å². The van der Waals surface area contributed by atoms with Gasteiger partial charge in [-0.25, -0.2) is 0 Å². The average molecular weight is 145 g/mol. The molecule has 0 saturated carbocycles. The Morgan fingerprint density at radius 1 is 1.80 bits per heavy atom. The molecule has 0 spiro atoms. The zero-order valence-electron chi connectivity index (χ0n) is 3.34. The predicted octanol–water partition coefficient (Wildman–Crippen LogP) is -2.38. The van der Waals surface area contributed by atoms with Crippen molar-refractivity contribution in [3.8, 4) is 0 Å². The topological polar surface area (TPSA) is 17.1 Å². The second kappa shape index (κ2) is 20.4. The summed E-state index contributed by atoms with van der Waals surface area (Å²) in [6.45, 7) is 0. The molecule has 0 amide bonds. The van der Waals surface area contributed by atoms with Gasteiger partial charge >= 0.3 is 26.0 Å². The molecule has 0 aromatic heterocycles. The van der Waals surface area contributed by atoms with E-state index in [1.54, 1.807) is 0 Å². The van der Waals surface area contributed by atoms with E-state index in [0.717, 1.165) is 0 Å². The molecule has 0 N–H and O–H groups in total. The van der Waals surface area contributed by atoms with Crippen molar-refractivity contribution in [1.82, 2.24) is 0 Å². The van der Waals surface area contributed by atoms with Crippen molar-refractivity contribution in [2.45, 2.75) is 0 Å². The van der Waals surface area contributed by atoms with Gasteiger partial charge in [0.2, 0.25) is 0 Å². The van der Waals surface area contributed by atoms with Gasteiger partial charge in [-0.15, -0.1) is 0 Å². The molecule has 0 atom stereocenters. The molecule has 0 fully saturated rings.